The Bertz CT molecular complexity index is 986. The molecular formula is C22H23Cl2N3OS. The maximum atomic E-state index is 12.3. The van der Waals surface area contributed by atoms with Crippen LogP contribution in [0.4, 0.5) is 0 Å². The zero-order chi connectivity index (χ0) is 20.8. The summed E-state index contributed by atoms with van der Waals surface area (Å²) in [7, 11) is 0. The van der Waals surface area contributed by atoms with Crippen LogP contribution in [0.5, 0.6) is 0 Å². The van der Waals surface area contributed by atoms with Crippen molar-refractivity contribution in [3.63, 3.8) is 0 Å². The van der Waals surface area contributed by atoms with Crippen LogP contribution in [-0.2, 0) is 12.3 Å². The van der Waals surface area contributed by atoms with Gasteiger partial charge in [-0.3, -0.25) is 9.48 Å². The van der Waals surface area contributed by atoms with Gasteiger partial charge >= 0.3 is 0 Å². The second-order valence-corrected chi connectivity index (χ2v) is 8.76. The zero-order valence-corrected chi connectivity index (χ0v) is 18.7. The normalized spacial score (nSPS) is 10.9. The molecule has 0 aliphatic heterocycles. The molecule has 2 aromatic carbocycles. The van der Waals surface area contributed by atoms with E-state index in [1.54, 1.807) is 17.8 Å². The van der Waals surface area contributed by atoms with E-state index in [4.69, 9.17) is 23.2 Å². The van der Waals surface area contributed by atoms with Gasteiger partial charge in [-0.05, 0) is 55.3 Å². The average Bonchev–Trinajstić information content (AvgIpc) is 3.01. The number of benzene rings is 2. The molecule has 1 aromatic heterocycles. The molecule has 0 unspecified atom stereocenters. The van der Waals surface area contributed by atoms with Gasteiger partial charge in [-0.25, -0.2) is 0 Å². The van der Waals surface area contributed by atoms with Crippen LogP contribution in [-0.4, -0.2) is 28.0 Å². The second-order valence-electron chi connectivity index (χ2n) is 6.84. The topological polar surface area (TPSA) is 46.9 Å². The van der Waals surface area contributed by atoms with Crippen molar-refractivity contribution in [3.05, 3.63) is 86.7 Å². The van der Waals surface area contributed by atoms with E-state index in [-0.39, 0.29) is 5.91 Å². The number of halogens is 2. The summed E-state index contributed by atoms with van der Waals surface area (Å²) in [5.41, 5.74) is 5.04. The number of aromatic nitrogens is 2. The second kappa shape index (κ2) is 10.2. The summed E-state index contributed by atoms with van der Waals surface area (Å²) in [5, 5.41) is 8.57. The van der Waals surface area contributed by atoms with Gasteiger partial charge < -0.3 is 5.32 Å². The fourth-order valence-corrected chi connectivity index (χ4v) is 4.05. The maximum absolute atomic E-state index is 12.3. The van der Waals surface area contributed by atoms with Gasteiger partial charge in [-0.15, -0.1) is 0 Å². The molecule has 1 heterocycles. The monoisotopic (exact) mass is 447 g/mol. The number of aryl methyl sites for hydroxylation is 2. The Kier molecular flexibility index (Phi) is 7.64. The Morgan fingerprint density at radius 1 is 1.03 bits per heavy atom. The quantitative estimate of drug-likeness (QED) is 0.462. The van der Waals surface area contributed by atoms with Gasteiger partial charge in [0, 0.05) is 29.3 Å². The molecule has 0 spiro atoms. The Labute approximate surface area is 185 Å². The van der Waals surface area contributed by atoms with Crippen molar-refractivity contribution in [2.75, 3.05) is 12.3 Å². The molecule has 4 nitrogen and oxygen atoms in total. The standard InChI is InChI=1S/C22H23Cl2N3OS/c1-15-11-16(2)27(26-15)13-17-3-6-19(7-4-17)22(28)25-9-10-29-14-18-5-8-20(23)21(24)12-18/h3-8,11-12H,9-10,13-14H2,1-2H3,(H,25,28). The molecule has 0 saturated carbocycles. The number of thioether (sulfide) groups is 1. The van der Waals surface area contributed by atoms with Crippen LogP contribution < -0.4 is 5.32 Å². The lowest BCUT2D eigenvalue weighted by Gasteiger charge is -2.08. The maximum Gasteiger partial charge on any atom is 0.251 e. The van der Waals surface area contributed by atoms with Crippen molar-refractivity contribution in [2.24, 2.45) is 0 Å². The van der Waals surface area contributed by atoms with E-state index >= 15 is 0 Å². The molecule has 7 heteroatoms. The van der Waals surface area contributed by atoms with Crippen LogP contribution in [0.2, 0.25) is 10.0 Å². The van der Waals surface area contributed by atoms with Crippen LogP contribution in [0.25, 0.3) is 0 Å². The van der Waals surface area contributed by atoms with E-state index in [0.717, 1.165) is 34.0 Å². The predicted molar refractivity (Wildman–Crippen MR) is 122 cm³/mol. The number of amides is 1. The van der Waals surface area contributed by atoms with Crippen molar-refractivity contribution >= 4 is 40.9 Å². The molecule has 1 amide bonds. The highest BCUT2D eigenvalue weighted by Crippen LogP contribution is 2.24. The van der Waals surface area contributed by atoms with Gasteiger partial charge in [-0.1, -0.05) is 41.4 Å². The van der Waals surface area contributed by atoms with E-state index in [9.17, 15) is 4.79 Å². The van der Waals surface area contributed by atoms with Crippen LogP contribution in [0.3, 0.4) is 0 Å². The first kappa shape index (κ1) is 21.8. The third-order valence-corrected chi connectivity index (χ3v) is 6.21. The van der Waals surface area contributed by atoms with E-state index < -0.39 is 0 Å². The number of nitrogens with zero attached hydrogens (tertiary/aromatic N) is 2. The van der Waals surface area contributed by atoms with Crippen LogP contribution >= 0.6 is 35.0 Å². The largest absolute Gasteiger partial charge is 0.351 e. The fraction of sp³-hybridized carbons (Fsp3) is 0.273. The summed E-state index contributed by atoms with van der Waals surface area (Å²) in [4.78, 5) is 12.3. The molecule has 0 aliphatic carbocycles. The van der Waals surface area contributed by atoms with Crippen molar-refractivity contribution < 1.29 is 4.79 Å². The fourth-order valence-electron chi connectivity index (χ4n) is 2.93. The molecular weight excluding hydrogens is 425 g/mol. The molecule has 0 bridgehead atoms. The summed E-state index contributed by atoms with van der Waals surface area (Å²) in [6.07, 6.45) is 0. The Morgan fingerprint density at radius 3 is 2.41 bits per heavy atom. The lowest BCUT2D eigenvalue weighted by Crippen LogP contribution is -2.25. The third-order valence-electron chi connectivity index (χ3n) is 4.44. The minimum atomic E-state index is -0.0576. The highest BCUT2D eigenvalue weighted by atomic mass is 35.5. The van der Waals surface area contributed by atoms with Gasteiger partial charge in [0.25, 0.3) is 5.91 Å². The lowest BCUT2D eigenvalue weighted by molar-refractivity contribution is 0.0956. The molecule has 1 N–H and O–H groups in total. The highest BCUT2D eigenvalue weighted by molar-refractivity contribution is 7.98. The summed E-state index contributed by atoms with van der Waals surface area (Å²) in [6, 6.07) is 15.4. The first-order valence-electron chi connectivity index (χ1n) is 9.32. The van der Waals surface area contributed by atoms with E-state index in [1.807, 2.05) is 54.9 Å². The molecule has 0 aliphatic rings. The van der Waals surface area contributed by atoms with Crippen LogP contribution in [0, 0.1) is 13.8 Å². The molecule has 29 heavy (non-hydrogen) atoms. The summed E-state index contributed by atoms with van der Waals surface area (Å²) in [5.74, 6) is 1.59. The molecule has 0 radical (unpaired) electrons. The smallest absolute Gasteiger partial charge is 0.251 e. The van der Waals surface area contributed by atoms with E-state index in [0.29, 0.717) is 28.7 Å². The minimum Gasteiger partial charge on any atom is -0.351 e. The number of hydrogen-bond acceptors (Lipinski definition) is 3. The molecule has 152 valence electrons. The molecule has 0 fully saturated rings. The molecule has 0 saturated heterocycles. The number of carbonyl (C=O) groups excluding carboxylic acids is 1. The molecule has 3 aromatic rings. The van der Waals surface area contributed by atoms with Crippen LogP contribution in [0.15, 0.2) is 48.5 Å². The Hall–Kier alpha value is -1.95. The number of hydrogen-bond donors (Lipinski definition) is 1. The van der Waals surface area contributed by atoms with Gasteiger partial charge in [-0.2, -0.15) is 16.9 Å². The third kappa shape index (κ3) is 6.26. The number of nitrogens with one attached hydrogen (secondary N) is 1. The molecule has 3 rings (SSSR count). The van der Waals surface area contributed by atoms with Crippen LogP contribution in [0.1, 0.15) is 32.9 Å². The first-order chi connectivity index (χ1) is 13.9. The SMILES string of the molecule is Cc1cc(C)n(Cc2ccc(C(=O)NCCSCc3ccc(Cl)c(Cl)c3)cc2)n1. The lowest BCUT2D eigenvalue weighted by atomic mass is 10.1. The van der Waals surface area contributed by atoms with Crippen molar-refractivity contribution in [2.45, 2.75) is 26.1 Å². The predicted octanol–water partition coefficient (Wildman–Crippen LogP) is 5.52. The summed E-state index contributed by atoms with van der Waals surface area (Å²) in [6.45, 7) is 5.34. The van der Waals surface area contributed by atoms with E-state index in [2.05, 4.69) is 16.5 Å². The van der Waals surface area contributed by atoms with Crippen molar-refractivity contribution in [1.82, 2.24) is 15.1 Å². The van der Waals surface area contributed by atoms with Gasteiger partial charge in [0.2, 0.25) is 0 Å². The average molecular weight is 448 g/mol. The van der Waals surface area contributed by atoms with Crippen molar-refractivity contribution in [1.29, 1.82) is 0 Å². The van der Waals surface area contributed by atoms with Gasteiger partial charge in [0.05, 0.1) is 22.3 Å². The molecule has 0 atom stereocenters. The Balaban J connectivity index is 1.42. The Morgan fingerprint density at radius 2 is 1.76 bits per heavy atom. The highest BCUT2D eigenvalue weighted by Gasteiger charge is 2.07. The van der Waals surface area contributed by atoms with E-state index in [1.165, 1.54) is 0 Å². The van der Waals surface area contributed by atoms with Crippen molar-refractivity contribution in [3.8, 4) is 0 Å². The zero-order valence-electron chi connectivity index (χ0n) is 16.4. The number of rotatable bonds is 8. The van der Waals surface area contributed by atoms with Gasteiger partial charge in [0.15, 0.2) is 0 Å². The summed E-state index contributed by atoms with van der Waals surface area (Å²) < 4.78 is 1.97. The van der Waals surface area contributed by atoms with Gasteiger partial charge in [0.1, 0.15) is 0 Å². The first-order valence-corrected chi connectivity index (χ1v) is 11.2. The number of carbonyl (C=O) groups is 1. The summed E-state index contributed by atoms with van der Waals surface area (Å²) >= 11 is 13.7. The minimum absolute atomic E-state index is 0.0576.